The van der Waals surface area contributed by atoms with Gasteiger partial charge in [0.2, 0.25) is 0 Å². The van der Waals surface area contributed by atoms with Crippen LogP contribution in [0, 0.1) is 5.82 Å². The Kier molecular flexibility index (Phi) is 4.03. The second-order valence-electron chi connectivity index (χ2n) is 5.91. The predicted octanol–water partition coefficient (Wildman–Crippen LogP) is 1.88. The maximum Gasteiger partial charge on any atom is 0.415 e. The summed E-state index contributed by atoms with van der Waals surface area (Å²) < 4.78 is 21.1. The van der Waals surface area contributed by atoms with Crippen molar-refractivity contribution in [2.45, 2.75) is 6.10 Å². The Bertz CT molecular complexity index is 1000. The first-order valence-electron chi connectivity index (χ1n) is 8.06. The molecule has 1 aliphatic rings. The van der Waals surface area contributed by atoms with E-state index in [1.54, 1.807) is 53.6 Å². The third-order valence-corrected chi connectivity index (χ3v) is 4.19. The largest absolute Gasteiger partial charge is 0.434 e. The average Bonchev–Trinajstić information content (AvgIpc) is 3.32. The van der Waals surface area contributed by atoms with Crippen molar-refractivity contribution in [1.82, 2.24) is 14.8 Å². The number of pyridine rings is 1. The van der Waals surface area contributed by atoms with Crippen molar-refractivity contribution in [3.63, 3.8) is 0 Å². The third-order valence-electron chi connectivity index (χ3n) is 4.19. The number of cyclic esters (lactones) is 1. The molecule has 2 aromatic heterocycles. The molecule has 1 saturated heterocycles. The maximum absolute atomic E-state index is 14.6. The standard InChI is InChI=1S/C18H14FN5O3/c19-14-8-12(23-10-15(17(20)25)27-18(23)26)3-4-13(14)11-2-5-16(21-9-11)24-7-1-6-22-24/h1-9,15H,10H2,(H2,20,25)/t15-/m1/s1. The number of benzene rings is 1. The Balaban J connectivity index is 1.59. The van der Waals surface area contributed by atoms with Crippen LogP contribution in [0.4, 0.5) is 14.9 Å². The Morgan fingerprint density at radius 1 is 1.30 bits per heavy atom. The minimum Gasteiger partial charge on any atom is -0.434 e. The van der Waals surface area contributed by atoms with Gasteiger partial charge in [-0.2, -0.15) is 5.10 Å². The van der Waals surface area contributed by atoms with Crippen LogP contribution in [0.1, 0.15) is 0 Å². The number of aromatic nitrogens is 3. The lowest BCUT2D eigenvalue weighted by Crippen LogP contribution is -2.32. The lowest BCUT2D eigenvalue weighted by molar-refractivity contribution is -0.124. The zero-order valence-electron chi connectivity index (χ0n) is 13.9. The number of halogens is 1. The number of rotatable bonds is 4. The van der Waals surface area contributed by atoms with E-state index >= 15 is 0 Å². The number of primary amides is 1. The van der Waals surface area contributed by atoms with E-state index in [2.05, 4.69) is 10.1 Å². The first kappa shape index (κ1) is 16.7. The van der Waals surface area contributed by atoms with Crippen LogP contribution in [0.5, 0.6) is 0 Å². The van der Waals surface area contributed by atoms with Crippen molar-refractivity contribution in [1.29, 1.82) is 0 Å². The molecule has 0 spiro atoms. The van der Waals surface area contributed by atoms with Gasteiger partial charge in [-0.15, -0.1) is 0 Å². The van der Waals surface area contributed by atoms with E-state index in [1.807, 2.05) is 0 Å². The first-order valence-corrected chi connectivity index (χ1v) is 8.06. The Morgan fingerprint density at radius 2 is 2.15 bits per heavy atom. The van der Waals surface area contributed by atoms with E-state index < -0.39 is 23.9 Å². The molecule has 3 aromatic rings. The zero-order chi connectivity index (χ0) is 19.0. The van der Waals surface area contributed by atoms with Gasteiger partial charge in [0.1, 0.15) is 5.82 Å². The first-order chi connectivity index (χ1) is 13.0. The fourth-order valence-corrected chi connectivity index (χ4v) is 2.81. The fourth-order valence-electron chi connectivity index (χ4n) is 2.81. The molecule has 1 aliphatic heterocycles. The number of hydrogen-bond acceptors (Lipinski definition) is 5. The molecule has 0 aliphatic carbocycles. The maximum atomic E-state index is 14.6. The molecule has 136 valence electrons. The highest BCUT2D eigenvalue weighted by Crippen LogP contribution is 2.29. The van der Waals surface area contributed by atoms with E-state index in [0.29, 0.717) is 16.9 Å². The molecule has 27 heavy (non-hydrogen) atoms. The fraction of sp³-hybridized carbons (Fsp3) is 0.111. The molecule has 0 saturated carbocycles. The van der Waals surface area contributed by atoms with Crippen molar-refractivity contribution in [3.8, 4) is 16.9 Å². The number of hydrogen-bond donors (Lipinski definition) is 1. The van der Waals surface area contributed by atoms with Crippen molar-refractivity contribution in [3.05, 3.63) is 60.8 Å². The van der Waals surface area contributed by atoms with Gasteiger partial charge >= 0.3 is 6.09 Å². The molecule has 0 unspecified atom stereocenters. The predicted molar refractivity (Wildman–Crippen MR) is 93.6 cm³/mol. The van der Waals surface area contributed by atoms with Gasteiger partial charge in [0, 0.05) is 29.7 Å². The molecule has 0 radical (unpaired) electrons. The lowest BCUT2D eigenvalue weighted by Gasteiger charge is -2.14. The number of nitrogens with two attached hydrogens (primary N) is 1. The van der Waals surface area contributed by atoms with Crippen LogP contribution in [0.25, 0.3) is 16.9 Å². The van der Waals surface area contributed by atoms with Crippen molar-refractivity contribution < 1.29 is 18.7 Å². The van der Waals surface area contributed by atoms with Gasteiger partial charge < -0.3 is 10.5 Å². The quantitative estimate of drug-likeness (QED) is 0.758. The summed E-state index contributed by atoms with van der Waals surface area (Å²) in [5.41, 5.74) is 6.34. The molecule has 1 atom stereocenters. The highest BCUT2D eigenvalue weighted by Gasteiger charge is 2.36. The van der Waals surface area contributed by atoms with Gasteiger partial charge in [0.25, 0.3) is 5.91 Å². The van der Waals surface area contributed by atoms with Crippen molar-refractivity contribution >= 4 is 17.7 Å². The molecule has 3 heterocycles. The Hall–Kier alpha value is -3.75. The monoisotopic (exact) mass is 367 g/mol. The summed E-state index contributed by atoms with van der Waals surface area (Å²) in [4.78, 5) is 28.5. The van der Waals surface area contributed by atoms with Gasteiger partial charge in [-0.25, -0.2) is 18.9 Å². The van der Waals surface area contributed by atoms with E-state index in [0.717, 1.165) is 0 Å². The molecule has 2 N–H and O–H groups in total. The van der Waals surface area contributed by atoms with Gasteiger partial charge in [0.05, 0.1) is 12.2 Å². The van der Waals surface area contributed by atoms with Crippen LogP contribution >= 0.6 is 0 Å². The van der Waals surface area contributed by atoms with E-state index in [4.69, 9.17) is 10.5 Å². The number of nitrogens with zero attached hydrogens (tertiary/aromatic N) is 4. The van der Waals surface area contributed by atoms with Crippen molar-refractivity contribution in [2.24, 2.45) is 5.73 Å². The van der Waals surface area contributed by atoms with Crippen LogP contribution in [-0.4, -0.2) is 39.4 Å². The summed E-state index contributed by atoms with van der Waals surface area (Å²) in [6.45, 7) is -0.0485. The molecule has 2 amide bonds. The summed E-state index contributed by atoms with van der Waals surface area (Å²) in [5.74, 6) is -0.666. The number of ether oxygens (including phenoxy) is 1. The normalized spacial score (nSPS) is 16.4. The molecule has 8 nitrogen and oxygen atoms in total. The highest BCUT2D eigenvalue weighted by atomic mass is 19.1. The molecule has 0 bridgehead atoms. The minimum absolute atomic E-state index is 0.0485. The minimum atomic E-state index is -1.04. The zero-order valence-corrected chi connectivity index (χ0v) is 13.9. The van der Waals surface area contributed by atoms with Crippen LogP contribution < -0.4 is 10.6 Å². The smallest absolute Gasteiger partial charge is 0.415 e. The molecule has 1 aromatic carbocycles. The highest BCUT2D eigenvalue weighted by molar-refractivity contribution is 5.95. The van der Waals surface area contributed by atoms with Gasteiger partial charge in [0.15, 0.2) is 11.9 Å². The SMILES string of the molecule is NC(=O)[C@H]1CN(c2ccc(-c3ccc(-n4cccn4)nc3)c(F)c2)C(=O)O1. The Morgan fingerprint density at radius 3 is 2.74 bits per heavy atom. The number of carbonyl (C=O) groups is 2. The lowest BCUT2D eigenvalue weighted by atomic mass is 10.1. The van der Waals surface area contributed by atoms with Crippen LogP contribution in [-0.2, 0) is 9.53 Å². The number of amides is 2. The molecular formula is C18H14FN5O3. The van der Waals surface area contributed by atoms with Gasteiger partial charge in [-0.3, -0.25) is 9.69 Å². The van der Waals surface area contributed by atoms with Crippen LogP contribution in [0.2, 0.25) is 0 Å². The van der Waals surface area contributed by atoms with E-state index in [-0.39, 0.29) is 12.2 Å². The average molecular weight is 367 g/mol. The molecule has 9 heteroatoms. The molecule has 1 fully saturated rings. The molecule has 4 rings (SSSR count). The van der Waals surface area contributed by atoms with E-state index in [9.17, 15) is 14.0 Å². The van der Waals surface area contributed by atoms with Gasteiger partial charge in [-0.05, 0) is 36.4 Å². The number of anilines is 1. The second-order valence-corrected chi connectivity index (χ2v) is 5.91. The van der Waals surface area contributed by atoms with Crippen molar-refractivity contribution in [2.75, 3.05) is 11.4 Å². The van der Waals surface area contributed by atoms with Crippen LogP contribution in [0.3, 0.4) is 0 Å². The summed E-state index contributed by atoms with van der Waals surface area (Å²) in [5, 5.41) is 4.09. The summed E-state index contributed by atoms with van der Waals surface area (Å²) in [6, 6.07) is 9.56. The van der Waals surface area contributed by atoms with Crippen LogP contribution in [0.15, 0.2) is 55.0 Å². The summed E-state index contributed by atoms with van der Waals surface area (Å²) >= 11 is 0. The number of carbonyl (C=O) groups excluding carboxylic acids is 2. The molecular weight excluding hydrogens is 353 g/mol. The Labute approximate surface area is 153 Å². The topological polar surface area (TPSA) is 103 Å². The summed E-state index contributed by atoms with van der Waals surface area (Å²) in [7, 11) is 0. The van der Waals surface area contributed by atoms with E-state index in [1.165, 1.54) is 11.0 Å². The third kappa shape index (κ3) is 3.10. The summed E-state index contributed by atoms with van der Waals surface area (Å²) in [6.07, 6.45) is 3.16. The van der Waals surface area contributed by atoms with Gasteiger partial charge in [-0.1, -0.05) is 0 Å². The second kappa shape index (κ2) is 6.52.